The quantitative estimate of drug-likeness (QED) is 0.939. The summed E-state index contributed by atoms with van der Waals surface area (Å²) >= 11 is 1.20. The Labute approximate surface area is 126 Å². The second-order valence-corrected chi connectivity index (χ2v) is 6.53. The van der Waals surface area contributed by atoms with Gasteiger partial charge in [-0.25, -0.2) is 15.0 Å². The molecule has 1 amide bonds. The molecule has 0 radical (unpaired) electrons. The van der Waals surface area contributed by atoms with Crippen LogP contribution in [0.3, 0.4) is 0 Å². The molecule has 0 unspecified atom stereocenters. The van der Waals surface area contributed by atoms with Gasteiger partial charge in [0.2, 0.25) is 0 Å². The SMILES string of the molecule is CC(C)(C)[C@@H](C#N)NC(=O)c1cnc(-c2ncccn2)s1. The first-order valence-electron chi connectivity index (χ1n) is 6.35. The van der Waals surface area contributed by atoms with Crippen LogP contribution < -0.4 is 5.32 Å². The smallest absolute Gasteiger partial charge is 0.264 e. The molecular formula is C14H15N5OS. The number of amides is 1. The third kappa shape index (κ3) is 3.61. The van der Waals surface area contributed by atoms with Crippen LogP contribution in [0.15, 0.2) is 24.7 Å². The van der Waals surface area contributed by atoms with Gasteiger partial charge < -0.3 is 5.32 Å². The number of nitrogens with zero attached hydrogens (tertiary/aromatic N) is 4. The Bertz CT molecular complexity index is 669. The Morgan fingerprint density at radius 2 is 2.00 bits per heavy atom. The van der Waals surface area contributed by atoms with Crippen LogP contribution in [0.2, 0.25) is 0 Å². The van der Waals surface area contributed by atoms with Gasteiger partial charge in [-0.1, -0.05) is 20.8 Å². The van der Waals surface area contributed by atoms with E-state index >= 15 is 0 Å². The standard InChI is InChI=1S/C14H15N5OS/c1-14(2,3)10(7-15)19-12(20)9-8-18-13(21-9)11-16-5-4-6-17-11/h4-6,8,10H,1-3H3,(H,19,20)/t10-/m1/s1. The molecule has 7 heteroatoms. The minimum Gasteiger partial charge on any atom is -0.335 e. The van der Waals surface area contributed by atoms with Gasteiger partial charge in [0.15, 0.2) is 10.8 Å². The largest absolute Gasteiger partial charge is 0.335 e. The van der Waals surface area contributed by atoms with E-state index in [2.05, 4.69) is 26.3 Å². The Balaban J connectivity index is 2.15. The van der Waals surface area contributed by atoms with Gasteiger partial charge in [-0.2, -0.15) is 5.26 Å². The molecule has 0 aliphatic carbocycles. The molecule has 0 spiro atoms. The maximum atomic E-state index is 12.2. The van der Waals surface area contributed by atoms with Gasteiger partial charge >= 0.3 is 0 Å². The fourth-order valence-electron chi connectivity index (χ4n) is 1.54. The lowest BCUT2D eigenvalue weighted by atomic mass is 9.87. The summed E-state index contributed by atoms with van der Waals surface area (Å²) in [5, 5.41) is 12.4. The predicted octanol–water partition coefficient (Wildman–Crippen LogP) is 2.27. The van der Waals surface area contributed by atoms with Gasteiger partial charge in [0.1, 0.15) is 10.9 Å². The van der Waals surface area contributed by atoms with E-state index in [0.717, 1.165) is 0 Å². The van der Waals surface area contributed by atoms with Crippen LogP contribution in [-0.4, -0.2) is 26.9 Å². The number of thiazole rings is 1. The van der Waals surface area contributed by atoms with Crippen molar-refractivity contribution in [1.82, 2.24) is 20.3 Å². The molecule has 108 valence electrons. The molecule has 1 atom stereocenters. The normalized spacial score (nSPS) is 12.5. The topological polar surface area (TPSA) is 91.6 Å². The van der Waals surface area contributed by atoms with Crippen molar-refractivity contribution in [1.29, 1.82) is 5.26 Å². The zero-order valence-electron chi connectivity index (χ0n) is 12.0. The maximum absolute atomic E-state index is 12.2. The second kappa shape index (κ2) is 5.97. The first-order chi connectivity index (χ1) is 9.91. The molecule has 0 bridgehead atoms. The first kappa shape index (κ1) is 15.1. The molecule has 0 aliphatic rings. The predicted molar refractivity (Wildman–Crippen MR) is 79.5 cm³/mol. The van der Waals surface area contributed by atoms with Crippen molar-refractivity contribution in [2.24, 2.45) is 5.41 Å². The fraction of sp³-hybridized carbons (Fsp3) is 0.357. The molecule has 6 nitrogen and oxygen atoms in total. The number of aromatic nitrogens is 3. The number of hydrogen-bond donors (Lipinski definition) is 1. The second-order valence-electron chi connectivity index (χ2n) is 5.50. The summed E-state index contributed by atoms with van der Waals surface area (Å²) in [4.78, 5) is 24.9. The highest BCUT2D eigenvalue weighted by atomic mass is 32.1. The number of hydrogen-bond acceptors (Lipinski definition) is 6. The van der Waals surface area contributed by atoms with E-state index < -0.39 is 6.04 Å². The molecule has 2 aromatic heterocycles. The summed E-state index contributed by atoms with van der Waals surface area (Å²) in [6.45, 7) is 5.70. The zero-order chi connectivity index (χ0) is 15.5. The molecule has 0 aromatic carbocycles. The van der Waals surface area contributed by atoms with Gasteiger partial charge in [0.05, 0.1) is 12.3 Å². The van der Waals surface area contributed by atoms with E-state index in [-0.39, 0.29) is 11.3 Å². The summed E-state index contributed by atoms with van der Waals surface area (Å²) in [7, 11) is 0. The molecule has 21 heavy (non-hydrogen) atoms. The summed E-state index contributed by atoms with van der Waals surface area (Å²) in [6.07, 6.45) is 4.71. The lowest BCUT2D eigenvalue weighted by Gasteiger charge is -2.25. The van der Waals surface area contributed by atoms with E-state index in [1.54, 1.807) is 18.5 Å². The summed E-state index contributed by atoms with van der Waals surface area (Å²) in [5.74, 6) is 0.172. The van der Waals surface area contributed by atoms with Crippen LogP contribution in [-0.2, 0) is 0 Å². The van der Waals surface area contributed by atoms with Crippen molar-refractivity contribution >= 4 is 17.2 Å². The molecular weight excluding hydrogens is 286 g/mol. The van der Waals surface area contributed by atoms with Crippen LogP contribution in [0.1, 0.15) is 30.4 Å². The fourth-order valence-corrected chi connectivity index (χ4v) is 2.30. The van der Waals surface area contributed by atoms with Crippen LogP contribution in [0.5, 0.6) is 0 Å². The highest BCUT2D eigenvalue weighted by molar-refractivity contribution is 7.16. The molecule has 0 fully saturated rings. The number of carbonyl (C=O) groups is 1. The third-order valence-corrected chi connectivity index (χ3v) is 3.75. The minimum absolute atomic E-state index is 0.309. The van der Waals surface area contributed by atoms with Crippen molar-refractivity contribution in [3.05, 3.63) is 29.5 Å². The highest BCUT2D eigenvalue weighted by Gasteiger charge is 2.27. The molecule has 0 saturated heterocycles. The number of nitrogens with one attached hydrogen (secondary N) is 1. The van der Waals surface area contributed by atoms with E-state index in [9.17, 15) is 4.79 Å². The average molecular weight is 301 g/mol. The van der Waals surface area contributed by atoms with Gasteiger partial charge in [-0.15, -0.1) is 11.3 Å². The Hall–Kier alpha value is -2.33. The lowest BCUT2D eigenvalue weighted by Crippen LogP contribution is -2.42. The Kier molecular flexibility index (Phi) is 4.29. The Morgan fingerprint density at radius 3 is 2.57 bits per heavy atom. The van der Waals surface area contributed by atoms with E-state index in [4.69, 9.17) is 5.26 Å². The van der Waals surface area contributed by atoms with Crippen LogP contribution in [0.4, 0.5) is 0 Å². The summed E-state index contributed by atoms with van der Waals surface area (Å²) < 4.78 is 0. The van der Waals surface area contributed by atoms with Gasteiger partial charge in [0, 0.05) is 12.4 Å². The van der Waals surface area contributed by atoms with Gasteiger partial charge in [0.25, 0.3) is 5.91 Å². The van der Waals surface area contributed by atoms with Crippen LogP contribution in [0.25, 0.3) is 10.8 Å². The summed E-state index contributed by atoms with van der Waals surface area (Å²) in [5.41, 5.74) is -0.333. The zero-order valence-corrected chi connectivity index (χ0v) is 12.8. The Morgan fingerprint density at radius 1 is 1.33 bits per heavy atom. The molecule has 0 aliphatic heterocycles. The van der Waals surface area contributed by atoms with Crippen molar-refractivity contribution in [2.45, 2.75) is 26.8 Å². The van der Waals surface area contributed by atoms with Gasteiger partial charge in [-0.3, -0.25) is 4.79 Å². The summed E-state index contributed by atoms with van der Waals surface area (Å²) in [6, 6.07) is 3.26. The van der Waals surface area contributed by atoms with E-state index in [0.29, 0.717) is 15.7 Å². The highest BCUT2D eigenvalue weighted by Crippen LogP contribution is 2.23. The van der Waals surface area contributed by atoms with Crippen LogP contribution in [0, 0.1) is 16.7 Å². The van der Waals surface area contributed by atoms with Crippen molar-refractivity contribution < 1.29 is 4.79 Å². The molecule has 0 saturated carbocycles. The van der Waals surface area contributed by atoms with Crippen molar-refractivity contribution in [3.8, 4) is 16.9 Å². The van der Waals surface area contributed by atoms with E-state index in [1.165, 1.54) is 17.5 Å². The number of rotatable bonds is 3. The van der Waals surface area contributed by atoms with Crippen molar-refractivity contribution in [3.63, 3.8) is 0 Å². The lowest BCUT2D eigenvalue weighted by molar-refractivity contribution is 0.0926. The molecule has 1 N–H and O–H groups in total. The van der Waals surface area contributed by atoms with Gasteiger partial charge in [-0.05, 0) is 11.5 Å². The molecule has 2 heterocycles. The van der Waals surface area contributed by atoms with Crippen LogP contribution >= 0.6 is 11.3 Å². The molecule has 2 rings (SSSR count). The number of nitriles is 1. The average Bonchev–Trinajstić information content (AvgIpc) is 2.94. The van der Waals surface area contributed by atoms with E-state index in [1.807, 2.05) is 20.8 Å². The third-order valence-electron chi connectivity index (χ3n) is 2.76. The monoisotopic (exact) mass is 301 g/mol. The molecule has 2 aromatic rings. The number of carbonyl (C=O) groups excluding carboxylic acids is 1. The first-order valence-corrected chi connectivity index (χ1v) is 7.17. The van der Waals surface area contributed by atoms with Crippen molar-refractivity contribution in [2.75, 3.05) is 0 Å². The maximum Gasteiger partial charge on any atom is 0.264 e. The minimum atomic E-state index is -0.566.